The Kier molecular flexibility index (Phi) is 2.64. The molecule has 0 saturated carbocycles. The number of nitrogens with one attached hydrogen (secondary N) is 1. The molecule has 2 rings (SSSR count). The van der Waals surface area contributed by atoms with E-state index in [1.807, 2.05) is 19.1 Å². The van der Waals surface area contributed by atoms with Crippen LogP contribution in [0.3, 0.4) is 0 Å². The maximum atomic E-state index is 8.85. The SMILES string of the molecule is CCNC1=NC=NC2=CC=C(C#N)CC21. The van der Waals surface area contributed by atoms with Gasteiger partial charge in [-0.1, -0.05) is 0 Å². The summed E-state index contributed by atoms with van der Waals surface area (Å²) in [5.41, 5.74) is 1.77. The van der Waals surface area contributed by atoms with Gasteiger partial charge in [0.05, 0.1) is 17.7 Å². The fourth-order valence-electron chi connectivity index (χ4n) is 1.74. The molecule has 0 aromatic rings. The topological polar surface area (TPSA) is 60.5 Å². The molecule has 0 fully saturated rings. The summed E-state index contributed by atoms with van der Waals surface area (Å²) in [6.07, 6.45) is 5.99. The van der Waals surface area contributed by atoms with E-state index < -0.39 is 0 Å². The Morgan fingerprint density at radius 1 is 1.60 bits per heavy atom. The Labute approximate surface area is 88.7 Å². The van der Waals surface area contributed by atoms with E-state index in [0.717, 1.165) is 23.7 Å². The summed E-state index contributed by atoms with van der Waals surface area (Å²) < 4.78 is 0. The van der Waals surface area contributed by atoms with Gasteiger partial charge in [-0.15, -0.1) is 0 Å². The van der Waals surface area contributed by atoms with Crippen LogP contribution >= 0.6 is 0 Å². The van der Waals surface area contributed by atoms with Crippen LogP contribution < -0.4 is 5.32 Å². The van der Waals surface area contributed by atoms with Gasteiger partial charge in [-0.05, 0) is 25.5 Å². The van der Waals surface area contributed by atoms with Crippen LogP contribution in [0.15, 0.2) is 33.4 Å². The van der Waals surface area contributed by atoms with Crippen molar-refractivity contribution in [1.82, 2.24) is 5.32 Å². The maximum absolute atomic E-state index is 8.85. The maximum Gasteiger partial charge on any atom is 0.117 e. The Balaban J connectivity index is 2.26. The van der Waals surface area contributed by atoms with Gasteiger partial charge >= 0.3 is 0 Å². The van der Waals surface area contributed by atoms with Crippen molar-refractivity contribution in [2.75, 3.05) is 6.54 Å². The number of fused-ring (bicyclic) bond motifs is 1. The Hall–Kier alpha value is -1.89. The van der Waals surface area contributed by atoms with Crippen LogP contribution in [-0.4, -0.2) is 18.7 Å². The summed E-state index contributed by atoms with van der Waals surface area (Å²) in [7, 11) is 0. The number of rotatable bonds is 1. The molecule has 0 bridgehead atoms. The Bertz CT molecular complexity index is 420. The molecule has 0 spiro atoms. The molecule has 0 saturated heterocycles. The van der Waals surface area contributed by atoms with Gasteiger partial charge in [0.1, 0.15) is 12.2 Å². The number of hydrogen-bond acceptors (Lipinski definition) is 4. The molecule has 0 aromatic carbocycles. The first kappa shape index (κ1) is 9.66. The summed E-state index contributed by atoms with van der Waals surface area (Å²) in [5.74, 6) is 1.05. The van der Waals surface area contributed by atoms with Crippen molar-refractivity contribution in [2.24, 2.45) is 15.9 Å². The number of nitrogens with zero attached hydrogens (tertiary/aromatic N) is 3. The van der Waals surface area contributed by atoms with Crippen molar-refractivity contribution in [3.8, 4) is 6.07 Å². The van der Waals surface area contributed by atoms with Gasteiger partial charge in [0.2, 0.25) is 0 Å². The zero-order valence-electron chi connectivity index (χ0n) is 8.57. The molecular formula is C11H12N4. The normalized spacial score (nSPS) is 23.2. The van der Waals surface area contributed by atoms with Gasteiger partial charge in [0, 0.05) is 12.1 Å². The van der Waals surface area contributed by atoms with Crippen LogP contribution in [0.2, 0.25) is 0 Å². The lowest BCUT2D eigenvalue weighted by molar-refractivity contribution is 0.731. The van der Waals surface area contributed by atoms with Crippen LogP contribution in [0.5, 0.6) is 0 Å². The van der Waals surface area contributed by atoms with Crippen molar-refractivity contribution in [1.29, 1.82) is 5.26 Å². The summed E-state index contributed by atoms with van der Waals surface area (Å²) in [4.78, 5) is 8.42. The summed E-state index contributed by atoms with van der Waals surface area (Å²) in [6.45, 7) is 2.86. The monoisotopic (exact) mass is 200 g/mol. The minimum atomic E-state index is 0.134. The third-order valence-electron chi connectivity index (χ3n) is 2.47. The molecule has 76 valence electrons. The van der Waals surface area contributed by atoms with Crippen molar-refractivity contribution >= 4 is 12.2 Å². The molecule has 1 aliphatic heterocycles. The van der Waals surface area contributed by atoms with Gasteiger partial charge in [-0.2, -0.15) is 5.26 Å². The summed E-state index contributed by atoms with van der Waals surface area (Å²) in [5, 5.41) is 12.1. The lowest BCUT2D eigenvalue weighted by Gasteiger charge is -2.24. The van der Waals surface area contributed by atoms with Crippen LogP contribution in [0.1, 0.15) is 13.3 Å². The molecule has 4 heteroatoms. The molecule has 2 aliphatic rings. The quantitative estimate of drug-likeness (QED) is 0.695. The molecule has 1 N–H and O–H groups in total. The average molecular weight is 200 g/mol. The van der Waals surface area contributed by atoms with E-state index in [1.165, 1.54) is 0 Å². The molecule has 1 atom stereocenters. The Morgan fingerprint density at radius 3 is 3.20 bits per heavy atom. The lowest BCUT2D eigenvalue weighted by atomic mass is 9.90. The molecule has 1 heterocycles. The van der Waals surface area contributed by atoms with Gasteiger partial charge in [-0.25, -0.2) is 9.98 Å². The number of amidine groups is 1. The minimum Gasteiger partial charge on any atom is -0.373 e. The lowest BCUT2D eigenvalue weighted by Crippen LogP contribution is -2.34. The highest BCUT2D eigenvalue weighted by atomic mass is 15.0. The standard InChI is InChI=1S/C11H12N4/c1-2-13-11-9-5-8(6-12)3-4-10(9)14-7-15-11/h3-4,7,9H,2,5H2,1H3,(H,13,14,15). The van der Waals surface area contributed by atoms with Gasteiger partial charge < -0.3 is 5.32 Å². The van der Waals surface area contributed by atoms with Crippen molar-refractivity contribution in [3.63, 3.8) is 0 Å². The van der Waals surface area contributed by atoms with Crippen molar-refractivity contribution in [2.45, 2.75) is 13.3 Å². The third-order valence-corrected chi connectivity index (χ3v) is 2.47. The van der Waals surface area contributed by atoms with Gasteiger partial charge in [-0.3, -0.25) is 0 Å². The van der Waals surface area contributed by atoms with E-state index in [9.17, 15) is 0 Å². The van der Waals surface area contributed by atoms with Crippen LogP contribution in [0.4, 0.5) is 0 Å². The van der Waals surface area contributed by atoms with Crippen LogP contribution in [0, 0.1) is 17.2 Å². The van der Waals surface area contributed by atoms with E-state index in [1.54, 1.807) is 6.34 Å². The fraction of sp³-hybridized carbons (Fsp3) is 0.364. The van der Waals surface area contributed by atoms with Crippen molar-refractivity contribution < 1.29 is 0 Å². The third kappa shape index (κ3) is 1.82. The van der Waals surface area contributed by atoms with E-state index in [-0.39, 0.29) is 5.92 Å². The zero-order valence-corrected chi connectivity index (χ0v) is 8.57. The highest BCUT2D eigenvalue weighted by molar-refractivity contribution is 5.95. The summed E-state index contributed by atoms with van der Waals surface area (Å²) in [6, 6.07) is 2.18. The highest BCUT2D eigenvalue weighted by Gasteiger charge is 2.25. The van der Waals surface area contributed by atoms with Crippen LogP contribution in [0.25, 0.3) is 0 Å². The van der Waals surface area contributed by atoms with Gasteiger partial charge in [0.15, 0.2) is 0 Å². The van der Waals surface area contributed by atoms with Gasteiger partial charge in [0.25, 0.3) is 0 Å². The molecule has 1 unspecified atom stereocenters. The second-order valence-corrected chi connectivity index (χ2v) is 3.44. The predicted molar refractivity (Wildman–Crippen MR) is 59.5 cm³/mol. The Morgan fingerprint density at radius 2 is 2.47 bits per heavy atom. The molecule has 15 heavy (non-hydrogen) atoms. The van der Waals surface area contributed by atoms with Crippen molar-refractivity contribution in [3.05, 3.63) is 23.4 Å². The number of allylic oxidation sites excluding steroid dienone is 3. The van der Waals surface area contributed by atoms with Crippen LogP contribution in [-0.2, 0) is 0 Å². The number of hydrogen-bond donors (Lipinski definition) is 1. The number of nitriles is 1. The fourth-order valence-corrected chi connectivity index (χ4v) is 1.74. The predicted octanol–water partition coefficient (Wildman–Crippen LogP) is 1.39. The average Bonchev–Trinajstić information content (AvgIpc) is 2.29. The molecule has 0 radical (unpaired) electrons. The first-order chi connectivity index (χ1) is 7.35. The molecule has 0 aromatic heterocycles. The minimum absolute atomic E-state index is 0.134. The molecule has 4 nitrogen and oxygen atoms in total. The highest BCUT2D eigenvalue weighted by Crippen LogP contribution is 2.28. The smallest absolute Gasteiger partial charge is 0.117 e. The molecule has 0 amide bonds. The van der Waals surface area contributed by atoms with E-state index in [4.69, 9.17) is 5.26 Å². The first-order valence-electron chi connectivity index (χ1n) is 5.00. The van der Waals surface area contributed by atoms with E-state index >= 15 is 0 Å². The second kappa shape index (κ2) is 4.09. The molecular weight excluding hydrogens is 188 g/mol. The number of aliphatic imine (C=N–C) groups is 2. The largest absolute Gasteiger partial charge is 0.373 e. The van der Waals surface area contributed by atoms with E-state index in [0.29, 0.717) is 6.42 Å². The molecule has 1 aliphatic carbocycles. The summed E-state index contributed by atoms with van der Waals surface area (Å²) >= 11 is 0. The second-order valence-electron chi connectivity index (χ2n) is 3.44. The first-order valence-corrected chi connectivity index (χ1v) is 5.00. The zero-order chi connectivity index (χ0) is 10.7. The van der Waals surface area contributed by atoms with E-state index in [2.05, 4.69) is 21.4 Å².